The van der Waals surface area contributed by atoms with Crippen molar-refractivity contribution in [1.82, 2.24) is 10.2 Å². The van der Waals surface area contributed by atoms with E-state index < -0.39 is 0 Å². The van der Waals surface area contributed by atoms with Gasteiger partial charge in [-0.3, -0.25) is 4.90 Å². The molecule has 0 aromatic heterocycles. The van der Waals surface area contributed by atoms with Gasteiger partial charge in [-0.25, -0.2) is 0 Å². The van der Waals surface area contributed by atoms with Crippen LogP contribution in [0.15, 0.2) is 12.2 Å². The Morgan fingerprint density at radius 1 is 1.27 bits per heavy atom. The molecule has 2 heteroatoms. The highest BCUT2D eigenvalue weighted by Gasteiger charge is 2.15. The third-order valence-electron chi connectivity index (χ3n) is 2.52. The summed E-state index contributed by atoms with van der Waals surface area (Å²) in [5, 5.41) is 3.25. The molecule has 0 fully saturated rings. The summed E-state index contributed by atoms with van der Waals surface area (Å²) < 4.78 is 0. The van der Waals surface area contributed by atoms with E-state index in [9.17, 15) is 0 Å². The summed E-state index contributed by atoms with van der Waals surface area (Å²) in [5.41, 5.74) is 0. The van der Waals surface area contributed by atoms with Crippen LogP contribution in [0.3, 0.4) is 0 Å². The zero-order valence-electron chi connectivity index (χ0n) is 10.9. The molecule has 0 aromatic rings. The molecule has 0 saturated heterocycles. The van der Waals surface area contributed by atoms with Gasteiger partial charge in [0.05, 0.1) is 0 Å². The van der Waals surface area contributed by atoms with Crippen LogP contribution in [0.4, 0.5) is 0 Å². The van der Waals surface area contributed by atoms with Crippen LogP contribution in [0, 0.1) is 0 Å². The van der Waals surface area contributed by atoms with Gasteiger partial charge in [0.1, 0.15) is 0 Å². The number of hydrogen-bond donors (Lipinski definition) is 1. The van der Waals surface area contributed by atoms with E-state index in [2.05, 4.69) is 43.1 Å². The van der Waals surface area contributed by atoms with Crippen molar-refractivity contribution in [2.24, 2.45) is 0 Å². The standard InChI is InChI=1S/C10H20N2.C3H8/c1-3-10(9-11-2)12-7-5-4-6-8-12;1-3-2/h4-5,10-11H,3,6-9H2,1-2H3;3H2,1-2H3. The number of nitrogens with one attached hydrogen (secondary N) is 1. The lowest BCUT2D eigenvalue weighted by Gasteiger charge is -2.31. The van der Waals surface area contributed by atoms with Crippen LogP contribution in [0.5, 0.6) is 0 Å². The van der Waals surface area contributed by atoms with E-state index in [1.807, 2.05) is 7.05 Å². The number of rotatable bonds is 4. The molecule has 1 aliphatic heterocycles. The maximum absolute atomic E-state index is 3.25. The van der Waals surface area contributed by atoms with Gasteiger partial charge in [-0.1, -0.05) is 39.3 Å². The second kappa shape index (κ2) is 10.2. The van der Waals surface area contributed by atoms with Crippen LogP contribution in [0.1, 0.15) is 40.0 Å². The van der Waals surface area contributed by atoms with Crippen molar-refractivity contribution in [2.45, 2.75) is 46.1 Å². The minimum atomic E-state index is 0.722. The molecule has 0 spiro atoms. The molecular formula is C13H28N2. The maximum Gasteiger partial charge on any atom is 0.0221 e. The Morgan fingerprint density at radius 3 is 2.33 bits per heavy atom. The molecule has 2 nitrogen and oxygen atoms in total. The largest absolute Gasteiger partial charge is 0.318 e. The van der Waals surface area contributed by atoms with E-state index in [1.165, 1.54) is 25.8 Å². The monoisotopic (exact) mass is 212 g/mol. The van der Waals surface area contributed by atoms with Crippen LogP contribution in [0.25, 0.3) is 0 Å². The highest BCUT2D eigenvalue weighted by molar-refractivity contribution is 4.93. The van der Waals surface area contributed by atoms with Crippen molar-refractivity contribution in [2.75, 3.05) is 26.7 Å². The fourth-order valence-corrected chi connectivity index (χ4v) is 1.76. The molecule has 1 aliphatic rings. The summed E-state index contributed by atoms with van der Waals surface area (Å²) in [7, 11) is 2.03. The summed E-state index contributed by atoms with van der Waals surface area (Å²) in [5.74, 6) is 0. The predicted molar refractivity (Wildman–Crippen MR) is 69.3 cm³/mol. The van der Waals surface area contributed by atoms with Gasteiger partial charge in [0.25, 0.3) is 0 Å². The second-order valence-corrected chi connectivity index (χ2v) is 4.08. The first-order chi connectivity index (χ1) is 7.29. The minimum Gasteiger partial charge on any atom is -0.318 e. The van der Waals surface area contributed by atoms with Crippen molar-refractivity contribution in [1.29, 1.82) is 0 Å². The summed E-state index contributed by atoms with van der Waals surface area (Å²) >= 11 is 0. The molecule has 0 amide bonds. The molecule has 0 radical (unpaired) electrons. The van der Waals surface area contributed by atoms with Gasteiger partial charge < -0.3 is 5.32 Å². The lowest BCUT2D eigenvalue weighted by Crippen LogP contribution is -2.42. The van der Waals surface area contributed by atoms with E-state index in [0.29, 0.717) is 0 Å². The van der Waals surface area contributed by atoms with Crippen molar-refractivity contribution in [3.63, 3.8) is 0 Å². The van der Waals surface area contributed by atoms with Gasteiger partial charge in [0.2, 0.25) is 0 Å². The third kappa shape index (κ3) is 6.69. The van der Waals surface area contributed by atoms with Gasteiger partial charge >= 0.3 is 0 Å². The van der Waals surface area contributed by atoms with Gasteiger partial charge in [-0.15, -0.1) is 0 Å². The van der Waals surface area contributed by atoms with Gasteiger partial charge in [-0.2, -0.15) is 0 Å². The minimum absolute atomic E-state index is 0.722. The van der Waals surface area contributed by atoms with E-state index in [4.69, 9.17) is 0 Å². The Bertz CT molecular complexity index is 155. The van der Waals surface area contributed by atoms with Gasteiger partial charge in [-0.05, 0) is 19.9 Å². The molecule has 0 bridgehead atoms. The molecule has 1 heterocycles. The molecule has 1 N–H and O–H groups in total. The Labute approximate surface area is 95.7 Å². The molecule has 1 atom stereocenters. The first-order valence-electron chi connectivity index (χ1n) is 6.33. The fourth-order valence-electron chi connectivity index (χ4n) is 1.76. The topological polar surface area (TPSA) is 15.3 Å². The molecular weight excluding hydrogens is 184 g/mol. The quantitative estimate of drug-likeness (QED) is 0.721. The van der Waals surface area contributed by atoms with E-state index >= 15 is 0 Å². The molecule has 90 valence electrons. The Kier molecular flexibility index (Phi) is 9.96. The Balaban J connectivity index is 0.000000583. The highest BCUT2D eigenvalue weighted by Crippen LogP contribution is 2.08. The van der Waals surface area contributed by atoms with Crippen LogP contribution < -0.4 is 5.32 Å². The first-order valence-corrected chi connectivity index (χ1v) is 6.33. The average molecular weight is 212 g/mol. The second-order valence-electron chi connectivity index (χ2n) is 4.08. The number of hydrogen-bond acceptors (Lipinski definition) is 2. The Morgan fingerprint density at radius 2 is 1.93 bits per heavy atom. The van der Waals surface area contributed by atoms with Crippen LogP contribution in [-0.2, 0) is 0 Å². The molecule has 0 aliphatic carbocycles. The molecule has 1 rings (SSSR count). The van der Waals surface area contributed by atoms with Gasteiger partial charge in [0.15, 0.2) is 0 Å². The zero-order valence-corrected chi connectivity index (χ0v) is 10.9. The fraction of sp³-hybridized carbons (Fsp3) is 0.846. The molecule has 15 heavy (non-hydrogen) atoms. The summed E-state index contributed by atoms with van der Waals surface area (Å²) in [6.07, 6.45) is 8.28. The maximum atomic E-state index is 3.25. The van der Waals surface area contributed by atoms with Gasteiger partial charge in [0, 0.05) is 25.7 Å². The molecule has 1 unspecified atom stereocenters. The van der Waals surface area contributed by atoms with Crippen molar-refractivity contribution in [3.05, 3.63) is 12.2 Å². The summed E-state index contributed by atoms with van der Waals surface area (Å²) in [6, 6.07) is 0.722. The van der Waals surface area contributed by atoms with Crippen LogP contribution in [-0.4, -0.2) is 37.6 Å². The summed E-state index contributed by atoms with van der Waals surface area (Å²) in [4.78, 5) is 2.55. The number of likely N-dealkylation sites (N-methyl/N-ethyl adjacent to an activating group) is 1. The Hall–Kier alpha value is -0.340. The van der Waals surface area contributed by atoms with E-state index in [1.54, 1.807) is 0 Å². The summed E-state index contributed by atoms with van der Waals surface area (Å²) in [6.45, 7) is 10.0. The lowest BCUT2D eigenvalue weighted by atomic mass is 10.1. The predicted octanol–water partition coefficient (Wildman–Crippen LogP) is 2.66. The van der Waals surface area contributed by atoms with Crippen LogP contribution in [0.2, 0.25) is 0 Å². The lowest BCUT2D eigenvalue weighted by molar-refractivity contribution is 0.206. The third-order valence-corrected chi connectivity index (χ3v) is 2.52. The van der Waals surface area contributed by atoms with E-state index in [-0.39, 0.29) is 0 Å². The average Bonchev–Trinajstić information content (AvgIpc) is 2.28. The number of nitrogens with zero attached hydrogens (tertiary/aromatic N) is 1. The first kappa shape index (κ1) is 14.7. The SMILES string of the molecule is CCC.CCC(CNC)N1CC=CCC1. The molecule has 0 aromatic carbocycles. The van der Waals surface area contributed by atoms with Crippen molar-refractivity contribution >= 4 is 0 Å². The van der Waals surface area contributed by atoms with Crippen molar-refractivity contribution in [3.8, 4) is 0 Å². The smallest absolute Gasteiger partial charge is 0.0221 e. The zero-order chi connectivity index (χ0) is 11.5. The molecule has 0 saturated carbocycles. The van der Waals surface area contributed by atoms with E-state index in [0.717, 1.165) is 19.1 Å². The highest BCUT2D eigenvalue weighted by atomic mass is 15.2. The normalized spacial score (nSPS) is 18.1. The van der Waals surface area contributed by atoms with Crippen LogP contribution >= 0.6 is 0 Å². The van der Waals surface area contributed by atoms with Crippen molar-refractivity contribution < 1.29 is 0 Å².